The van der Waals surface area contributed by atoms with Crippen molar-refractivity contribution in [3.05, 3.63) is 50.4 Å². The van der Waals surface area contributed by atoms with E-state index in [2.05, 4.69) is 21.2 Å². The van der Waals surface area contributed by atoms with Gasteiger partial charge in [-0.1, -0.05) is 39.1 Å². The minimum absolute atomic E-state index is 0.0947. The number of anilines is 1. The molecular weight excluding hydrogens is 471 g/mol. The molecule has 2 aromatic carbocycles. The average Bonchev–Trinajstić information content (AvgIpc) is 2.65. The molecule has 6 nitrogen and oxygen atoms in total. The van der Waals surface area contributed by atoms with Crippen LogP contribution in [-0.4, -0.2) is 44.5 Å². The van der Waals surface area contributed by atoms with Crippen molar-refractivity contribution in [2.45, 2.75) is 6.42 Å². The van der Waals surface area contributed by atoms with E-state index in [1.54, 1.807) is 37.4 Å². The summed E-state index contributed by atoms with van der Waals surface area (Å²) in [5.74, 6) is 0.506. The number of amides is 2. The number of nitrogens with one attached hydrogen (secondary N) is 1. The molecule has 28 heavy (non-hydrogen) atoms. The number of hydrogen-bond acceptors (Lipinski definition) is 4. The molecule has 0 aliphatic carbocycles. The van der Waals surface area contributed by atoms with Crippen molar-refractivity contribution in [3.8, 4) is 11.5 Å². The molecule has 0 radical (unpaired) electrons. The minimum atomic E-state index is -0.347. The molecule has 2 amide bonds. The van der Waals surface area contributed by atoms with Crippen LogP contribution in [0.2, 0.25) is 10.0 Å². The summed E-state index contributed by atoms with van der Waals surface area (Å²) in [4.78, 5) is 26.1. The fourth-order valence-electron chi connectivity index (χ4n) is 2.41. The van der Waals surface area contributed by atoms with Crippen molar-refractivity contribution in [1.29, 1.82) is 0 Å². The van der Waals surface area contributed by atoms with Gasteiger partial charge in [0, 0.05) is 17.2 Å². The van der Waals surface area contributed by atoms with E-state index in [0.717, 1.165) is 5.56 Å². The number of benzene rings is 2. The molecule has 0 unspecified atom stereocenters. The van der Waals surface area contributed by atoms with Gasteiger partial charge in [-0.3, -0.25) is 9.59 Å². The first-order chi connectivity index (χ1) is 13.2. The fourth-order valence-corrected chi connectivity index (χ4v) is 3.17. The van der Waals surface area contributed by atoms with E-state index >= 15 is 0 Å². The summed E-state index contributed by atoms with van der Waals surface area (Å²) in [6.45, 7) is -0.107. The highest BCUT2D eigenvalue weighted by Gasteiger charge is 2.17. The molecular formula is C19H19BrCl2N2O4. The zero-order valence-electron chi connectivity index (χ0n) is 15.5. The van der Waals surface area contributed by atoms with Crippen LogP contribution >= 0.6 is 39.1 Å². The van der Waals surface area contributed by atoms with Crippen LogP contribution in [0.4, 0.5) is 5.69 Å². The number of methoxy groups -OCH3 is 2. The molecule has 150 valence electrons. The largest absolute Gasteiger partial charge is 0.493 e. The number of halogens is 3. The summed E-state index contributed by atoms with van der Waals surface area (Å²) in [6.07, 6.45) is 0.0947. The summed E-state index contributed by atoms with van der Waals surface area (Å²) < 4.78 is 11.2. The second kappa shape index (κ2) is 10.0. The lowest BCUT2D eigenvalue weighted by Gasteiger charge is -2.18. The lowest BCUT2D eigenvalue weighted by atomic mass is 10.1. The Hall–Kier alpha value is -1.96. The third kappa shape index (κ3) is 5.77. The first-order valence-corrected chi connectivity index (χ1v) is 9.69. The Balaban J connectivity index is 2.00. The number of carbonyl (C=O) groups is 2. The van der Waals surface area contributed by atoms with E-state index in [-0.39, 0.29) is 24.8 Å². The second-order valence-corrected chi connectivity index (χ2v) is 7.57. The highest BCUT2D eigenvalue weighted by Crippen LogP contribution is 2.33. The van der Waals surface area contributed by atoms with Crippen LogP contribution in [0.25, 0.3) is 0 Å². The van der Waals surface area contributed by atoms with Crippen LogP contribution in [-0.2, 0) is 16.0 Å². The van der Waals surface area contributed by atoms with Gasteiger partial charge in [-0.05, 0) is 35.9 Å². The van der Waals surface area contributed by atoms with Crippen molar-refractivity contribution >= 4 is 56.6 Å². The van der Waals surface area contributed by atoms with E-state index in [4.69, 9.17) is 32.7 Å². The van der Waals surface area contributed by atoms with Gasteiger partial charge in [-0.25, -0.2) is 0 Å². The van der Waals surface area contributed by atoms with E-state index in [1.165, 1.54) is 19.1 Å². The molecule has 0 saturated heterocycles. The van der Waals surface area contributed by atoms with E-state index < -0.39 is 0 Å². The molecule has 9 heteroatoms. The van der Waals surface area contributed by atoms with Gasteiger partial charge < -0.3 is 19.7 Å². The van der Waals surface area contributed by atoms with Gasteiger partial charge in [0.25, 0.3) is 0 Å². The Labute approximate surface area is 181 Å². The van der Waals surface area contributed by atoms with Gasteiger partial charge in [-0.2, -0.15) is 0 Å². The molecule has 0 aromatic heterocycles. The van der Waals surface area contributed by atoms with E-state index in [0.29, 0.717) is 31.7 Å². The summed E-state index contributed by atoms with van der Waals surface area (Å²) >= 11 is 15.2. The Morgan fingerprint density at radius 1 is 1.07 bits per heavy atom. The van der Waals surface area contributed by atoms with Crippen LogP contribution in [0, 0.1) is 0 Å². The van der Waals surface area contributed by atoms with Crippen molar-refractivity contribution in [3.63, 3.8) is 0 Å². The number of likely N-dealkylation sites (N-methyl/N-ethyl adjacent to an activating group) is 1. The third-order valence-electron chi connectivity index (χ3n) is 3.90. The number of carbonyl (C=O) groups excluding carboxylic acids is 2. The van der Waals surface area contributed by atoms with Crippen LogP contribution in [0.15, 0.2) is 34.8 Å². The molecule has 0 fully saturated rings. The first kappa shape index (κ1) is 22.3. The topological polar surface area (TPSA) is 67.9 Å². The Morgan fingerprint density at radius 3 is 2.32 bits per heavy atom. The molecule has 0 saturated carbocycles. The molecule has 2 aromatic rings. The summed E-state index contributed by atoms with van der Waals surface area (Å²) in [7, 11) is 4.62. The van der Waals surface area contributed by atoms with Crippen molar-refractivity contribution < 1.29 is 19.1 Å². The summed E-state index contributed by atoms with van der Waals surface area (Å²) in [5.41, 5.74) is 1.22. The van der Waals surface area contributed by atoms with Gasteiger partial charge in [0.2, 0.25) is 11.8 Å². The monoisotopic (exact) mass is 488 g/mol. The first-order valence-electron chi connectivity index (χ1n) is 8.14. The molecule has 0 aliphatic rings. The van der Waals surface area contributed by atoms with Gasteiger partial charge in [-0.15, -0.1) is 0 Å². The van der Waals surface area contributed by atoms with E-state index in [1.807, 2.05) is 0 Å². The number of hydrogen-bond donors (Lipinski definition) is 1. The summed E-state index contributed by atoms with van der Waals surface area (Å²) in [5, 5.41) is 3.41. The van der Waals surface area contributed by atoms with E-state index in [9.17, 15) is 9.59 Å². The molecule has 0 bridgehead atoms. The zero-order chi connectivity index (χ0) is 20.8. The van der Waals surface area contributed by atoms with Gasteiger partial charge in [0.1, 0.15) is 0 Å². The third-order valence-corrected chi connectivity index (χ3v) is 5.38. The number of nitrogens with zero attached hydrogens (tertiary/aromatic N) is 1. The van der Waals surface area contributed by atoms with Crippen LogP contribution in [0.1, 0.15) is 5.56 Å². The Kier molecular flexibility index (Phi) is 7.98. The Morgan fingerprint density at radius 2 is 1.71 bits per heavy atom. The fraction of sp³-hybridized carbons (Fsp3) is 0.263. The second-order valence-electron chi connectivity index (χ2n) is 5.90. The highest BCUT2D eigenvalue weighted by atomic mass is 79.9. The number of ether oxygens (including phenoxy) is 2. The standard InChI is InChI=1S/C19H19BrCl2N2O4/c1-24(10-18(25)23-12-4-5-14(21)15(22)8-12)19(26)7-11-6-16(27-2)17(28-3)9-13(11)20/h4-6,8-9H,7,10H2,1-3H3,(H,23,25). The quantitative estimate of drug-likeness (QED) is 0.625. The van der Waals surface area contributed by atoms with Gasteiger partial charge in [0.05, 0.1) is 37.2 Å². The van der Waals surface area contributed by atoms with Crippen molar-refractivity contribution in [2.75, 3.05) is 33.1 Å². The smallest absolute Gasteiger partial charge is 0.243 e. The molecule has 0 spiro atoms. The van der Waals surface area contributed by atoms with Crippen molar-refractivity contribution in [2.24, 2.45) is 0 Å². The Bertz CT molecular complexity index is 892. The summed E-state index contributed by atoms with van der Waals surface area (Å²) in [6, 6.07) is 8.23. The zero-order valence-corrected chi connectivity index (χ0v) is 18.6. The van der Waals surface area contributed by atoms with Crippen LogP contribution in [0.5, 0.6) is 11.5 Å². The lowest BCUT2D eigenvalue weighted by Crippen LogP contribution is -2.35. The van der Waals surface area contributed by atoms with Gasteiger partial charge >= 0.3 is 0 Å². The maximum Gasteiger partial charge on any atom is 0.243 e. The number of rotatable bonds is 7. The average molecular weight is 490 g/mol. The molecule has 0 aliphatic heterocycles. The minimum Gasteiger partial charge on any atom is -0.493 e. The predicted molar refractivity (Wildman–Crippen MR) is 114 cm³/mol. The van der Waals surface area contributed by atoms with Crippen LogP contribution < -0.4 is 14.8 Å². The van der Waals surface area contributed by atoms with Crippen molar-refractivity contribution in [1.82, 2.24) is 4.90 Å². The maximum atomic E-state index is 12.5. The molecule has 2 rings (SSSR count). The SMILES string of the molecule is COc1cc(Br)c(CC(=O)N(C)CC(=O)Nc2ccc(Cl)c(Cl)c2)cc1OC. The lowest BCUT2D eigenvalue weighted by molar-refractivity contribution is -0.132. The maximum absolute atomic E-state index is 12.5. The normalized spacial score (nSPS) is 10.4. The predicted octanol–water partition coefficient (Wildman–Crippen LogP) is 4.41. The molecule has 0 atom stereocenters. The molecule has 1 N–H and O–H groups in total. The van der Waals surface area contributed by atoms with Crippen LogP contribution in [0.3, 0.4) is 0 Å². The van der Waals surface area contributed by atoms with Gasteiger partial charge in [0.15, 0.2) is 11.5 Å². The molecule has 0 heterocycles. The highest BCUT2D eigenvalue weighted by molar-refractivity contribution is 9.10.